The van der Waals surface area contributed by atoms with Crippen molar-refractivity contribution in [3.8, 4) is 0 Å². The summed E-state index contributed by atoms with van der Waals surface area (Å²) in [7, 11) is 0. The van der Waals surface area contributed by atoms with E-state index >= 15 is 0 Å². The van der Waals surface area contributed by atoms with Gasteiger partial charge in [-0.3, -0.25) is 14.5 Å². The predicted octanol–water partition coefficient (Wildman–Crippen LogP) is 1.90. The van der Waals surface area contributed by atoms with Gasteiger partial charge in [-0.05, 0) is 31.2 Å². The normalized spacial score (nSPS) is 14.3. The molecular formula is C14H18N2O3S. The van der Waals surface area contributed by atoms with Gasteiger partial charge in [0.1, 0.15) is 0 Å². The molecule has 1 aromatic rings. The van der Waals surface area contributed by atoms with Crippen molar-refractivity contribution in [2.45, 2.75) is 23.8 Å². The fourth-order valence-corrected chi connectivity index (χ4v) is 2.60. The van der Waals surface area contributed by atoms with E-state index in [0.717, 1.165) is 23.4 Å². The number of carbonyl (C=O) groups is 2. The van der Waals surface area contributed by atoms with Crippen molar-refractivity contribution in [1.82, 2.24) is 4.90 Å². The second-order valence-electron chi connectivity index (χ2n) is 4.78. The molecule has 1 aliphatic rings. The highest BCUT2D eigenvalue weighted by Gasteiger charge is 2.31. The molecule has 0 radical (unpaired) electrons. The number of rotatable bonds is 7. The molecule has 0 saturated heterocycles. The molecule has 1 saturated carbocycles. The molecule has 0 aromatic heterocycles. The highest BCUT2D eigenvalue weighted by Crippen LogP contribution is 2.27. The minimum atomic E-state index is -0.894. The molecule has 6 heteroatoms. The Morgan fingerprint density at radius 3 is 2.65 bits per heavy atom. The number of thioether (sulfide) groups is 1. The van der Waals surface area contributed by atoms with E-state index in [1.54, 1.807) is 16.7 Å². The standard InChI is InChI=1S/C14H18N2O3S/c1-20-12-5-3-2-4-11(12)15-13(17)8-16(9-14(18)19)10-6-7-10/h2-5,10H,6-9H2,1H3,(H,15,17)(H,18,19). The lowest BCUT2D eigenvalue weighted by molar-refractivity contribution is -0.138. The van der Waals surface area contributed by atoms with Crippen LogP contribution in [0.25, 0.3) is 0 Å². The molecule has 0 unspecified atom stereocenters. The Labute approximate surface area is 122 Å². The highest BCUT2D eigenvalue weighted by molar-refractivity contribution is 7.98. The van der Waals surface area contributed by atoms with Gasteiger partial charge in [0.25, 0.3) is 0 Å². The number of nitrogens with zero attached hydrogens (tertiary/aromatic N) is 1. The first-order valence-corrected chi connectivity index (χ1v) is 7.71. The summed E-state index contributed by atoms with van der Waals surface area (Å²) in [6, 6.07) is 7.82. The molecule has 1 fully saturated rings. The van der Waals surface area contributed by atoms with Gasteiger partial charge >= 0.3 is 5.97 Å². The number of aliphatic carboxylic acids is 1. The van der Waals surface area contributed by atoms with Crippen molar-refractivity contribution >= 4 is 29.3 Å². The monoisotopic (exact) mass is 294 g/mol. The van der Waals surface area contributed by atoms with Gasteiger partial charge in [-0.25, -0.2) is 0 Å². The molecule has 2 N–H and O–H groups in total. The van der Waals surface area contributed by atoms with Crippen LogP contribution >= 0.6 is 11.8 Å². The molecular weight excluding hydrogens is 276 g/mol. The summed E-state index contributed by atoms with van der Waals surface area (Å²) in [6.45, 7) is 0.0436. The van der Waals surface area contributed by atoms with Gasteiger partial charge in [0.2, 0.25) is 5.91 Å². The topological polar surface area (TPSA) is 69.6 Å². The summed E-state index contributed by atoms with van der Waals surface area (Å²) in [5, 5.41) is 11.7. The van der Waals surface area contributed by atoms with Crippen LogP contribution in [-0.2, 0) is 9.59 Å². The number of nitrogens with one attached hydrogen (secondary N) is 1. The summed E-state index contributed by atoms with van der Waals surface area (Å²) in [5.41, 5.74) is 0.774. The average molecular weight is 294 g/mol. The van der Waals surface area contributed by atoms with Gasteiger partial charge in [-0.1, -0.05) is 12.1 Å². The summed E-state index contributed by atoms with van der Waals surface area (Å²) >= 11 is 1.56. The molecule has 2 rings (SSSR count). The molecule has 1 aliphatic carbocycles. The fourth-order valence-electron chi connectivity index (χ4n) is 2.05. The summed E-state index contributed by atoms with van der Waals surface area (Å²) in [5.74, 6) is -1.06. The first-order valence-electron chi connectivity index (χ1n) is 6.49. The van der Waals surface area contributed by atoms with E-state index in [0.29, 0.717) is 0 Å². The Hall–Kier alpha value is -1.53. The van der Waals surface area contributed by atoms with Crippen LogP contribution in [0.1, 0.15) is 12.8 Å². The van der Waals surface area contributed by atoms with Crippen molar-refractivity contribution in [3.63, 3.8) is 0 Å². The van der Waals surface area contributed by atoms with E-state index in [2.05, 4.69) is 5.32 Å². The molecule has 1 aromatic carbocycles. The smallest absolute Gasteiger partial charge is 0.317 e. The van der Waals surface area contributed by atoms with E-state index in [1.807, 2.05) is 30.5 Å². The first kappa shape index (κ1) is 14.9. The van der Waals surface area contributed by atoms with Crippen molar-refractivity contribution in [1.29, 1.82) is 0 Å². The number of carbonyl (C=O) groups excluding carboxylic acids is 1. The van der Waals surface area contributed by atoms with Gasteiger partial charge in [0.05, 0.1) is 18.8 Å². The number of para-hydroxylation sites is 1. The van der Waals surface area contributed by atoms with Crippen LogP contribution in [0.4, 0.5) is 5.69 Å². The van der Waals surface area contributed by atoms with E-state index in [9.17, 15) is 9.59 Å². The lowest BCUT2D eigenvalue weighted by atomic mass is 10.3. The summed E-state index contributed by atoms with van der Waals surface area (Å²) in [6.07, 6.45) is 3.90. The largest absolute Gasteiger partial charge is 0.480 e. The number of benzene rings is 1. The highest BCUT2D eigenvalue weighted by atomic mass is 32.2. The number of anilines is 1. The van der Waals surface area contributed by atoms with Crippen molar-refractivity contribution in [3.05, 3.63) is 24.3 Å². The maximum atomic E-state index is 12.0. The first-order chi connectivity index (χ1) is 9.60. The average Bonchev–Trinajstić information content (AvgIpc) is 3.22. The molecule has 0 bridgehead atoms. The maximum absolute atomic E-state index is 12.0. The Morgan fingerprint density at radius 1 is 1.35 bits per heavy atom. The summed E-state index contributed by atoms with van der Waals surface area (Å²) in [4.78, 5) is 25.6. The Bertz CT molecular complexity index is 503. The Kier molecular flexibility index (Phi) is 5.03. The van der Waals surface area contributed by atoms with Crippen molar-refractivity contribution in [2.75, 3.05) is 24.7 Å². The molecule has 1 amide bonds. The van der Waals surface area contributed by atoms with E-state index in [1.165, 1.54) is 0 Å². The van der Waals surface area contributed by atoms with Crippen LogP contribution < -0.4 is 5.32 Å². The molecule has 0 spiro atoms. The zero-order chi connectivity index (χ0) is 14.5. The van der Waals surface area contributed by atoms with Gasteiger partial charge in [-0.15, -0.1) is 11.8 Å². The summed E-state index contributed by atoms with van der Waals surface area (Å²) < 4.78 is 0. The molecule has 5 nitrogen and oxygen atoms in total. The van der Waals surface area contributed by atoms with Crippen LogP contribution in [0.5, 0.6) is 0 Å². The number of carboxylic acids is 1. The zero-order valence-corrected chi connectivity index (χ0v) is 12.2. The third-order valence-electron chi connectivity index (χ3n) is 3.13. The van der Waals surface area contributed by atoms with E-state index in [4.69, 9.17) is 5.11 Å². The van der Waals surface area contributed by atoms with Crippen LogP contribution in [0.3, 0.4) is 0 Å². The van der Waals surface area contributed by atoms with Crippen LogP contribution in [0.2, 0.25) is 0 Å². The number of hydrogen-bond acceptors (Lipinski definition) is 4. The molecule has 20 heavy (non-hydrogen) atoms. The zero-order valence-electron chi connectivity index (χ0n) is 11.3. The lowest BCUT2D eigenvalue weighted by Crippen LogP contribution is -2.38. The fraction of sp³-hybridized carbons (Fsp3) is 0.429. The van der Waals surface area contributed by atoms with Gasteiger partial charge < -0.3 is 10.4 Å². The van der Waals surface area contributed by atoms with Crippen molar-refractivity contribution < 1.29 is 14.7 Å². The molecule has 0 heterocycles. The Morgan fingerprint density at radius 2 is 2.05 bits per heavy atom. The third-order valence-corrected chi connectivity index (χ3v) is 3.93. The van der Waals surface area contributed by atoms with E-state index < -0.39 is 5.97 Å². The molecule has 0 aliphatic heterocycles. The maximum Gasteiger partial charge on any atom is 0.317 e. The predicted molar refractivity (Wildman–Crippen MR) is 79.1 cm³/mol. The van der Waals surface area contributed by atoms with Gasteiger partial charge in [0.15, 0.2) is 0 Å². The van der Waals surface area contributed by atoms with Gasteiger partial charge in [-0.2, -0.15) is 0 Å². The van der Waals surface area contributed by atoms with Gasteiger partial charge in [0, 0.05) is 10.9 Å². The van der Waals surface area contributed by atoms with Crippen LogP contribution in [0.15, 0.2) is 29.2 Å². The Balaban J connectivity index is 1.95. The SMILES string of the molecule is CSc1ccccc1NC(=O)CN(CC(=O)O)C1CC1. The minimum Gasteiger partial charge on any atom is -0.480 e. The molecule has 108 valence electrons. The second-order valence-corrected chi connectivity index (χ2v) is 5.63. The quantitative estimate of drug-likeness (QED) is 0.752. The number of carboxylic acid groups (broad SMARTS) is 1. The number of hydrogen-bond donors (Lipinski definition) is 2. The lowest BCUT2D eigenvalue weighted by Gasteiger charge is -2.19. The number of amides is 1. The third kappa shape index (κ3) is 4.25. The van der Waals surface area contributed by atoms with Crippen LogP contribution in [0, 0.1) is 0 Å². The second kappa shape index (κ2) is 6.76. The molecule has 0 atom stereocenters. The van der Waals surface area contributed by atoms with Crippen LogP contribution in [-0.4, -0.2) is 47.3 Å². The van der Waals surface area contributed by atoms with Crippen molar-refractivity contribution in [2.24, 2.45) is 0 Å². The van der Waals surface area contributed by atoms with E-state index in [-0.39, 0.29) is 25.0 Å². The minimum absolute atomic E-state index is 0.0811.